The van der Waals surface area contributed by atoms with Gasteiger partial charge >= 0.3 is 23.9 Å². The molecule has 0 bridgehead atoms. The molecule has 0 aromatic heterocycles. The Balaban J connectivity index is 2.61. The Hall–Kier alpha value is -4.09. The molecular formula is C37H52N2O9. The van der Waals surface area contributed by atoms with Gasteiger partial charge in [-0.25, -0.2) is 0 Å². The Kier molecular flexibility index (Phi) is 12.5. The molecule has 2 N–H and O–H groups in total. The summed E-state index contributed by atoms with van der Waals surface area (Å²) in [6, 6.07) is 7.31. The molecule has 11 nitrogen and oxygen atoms in total. The number of nitrogens with one attached hydrogen (secondary N) is 2. The van der Waals surface area contributed by atoms with Crippen molar-refractivity contribution in [2.45, 2.75) is 95.2 Å². The van der Waals surface area contributed by atoms with Gasteiger partial charge in [0.05, 0.1) is 33.7 Å². The summed E-state index contributed by atoms with van der Waals surface area (Å²) in [5, 5.41) is 6.05. The Morgan fingerprint density at radius 2 is 0.708 bits per heavy atom. The zero-order chi connectivity index (χ0) is 37.0. The summed E-state index contributed by atoms with van der Waals surface area (Å²) in [7, 11) is 3.21. The third-order valence-electron chi connectivity index (χ3n) is 7.01. The Morgan fingerprint density at radius 1 is 0.458 bits per heavy atom. The molecule has 0 fully saturated rings. The maximum atomic E-state index is 14.2. The van der Waals surface area contributed by atoms with Crippen molar-refractivity contribution in [3.63, 3.8) is 0 Å². The van der Waals surface area contributed by atoms with Gasteiger partial charge in [-0.2, -0.15) is 0 Å². The fourth-order valence-electron chi connectivity index (χ4n) is 3.86. The summed E-state index contributed by atoms with van der Waals surface area (Å²) in [6.07, 6.45) is 0. The number of rotatable bonds is 10. The number of carbonyl (C=O) groups excluding carboxylic acids is 5. The van der Waals surface area contributed by atoms with Crippen molar-refractivity contribution < 1.29 is 42.9 Å². The zero-order valence-electron chi connectivity index (χ0n) is 30.8. The quantitative estimate of drug-likeness (QED) is 0.218. The van der Waals surface area contributed by atoms with Crippen molar-refractivity contribution in [3.05, 3.63) is 47.5 Å². The van der Waals surface area contributed by atoms with Crippen LogP contribution in [0, 0.1) is 21.7 Å². The van der Waals surface area contributed by atoms with Gasteiger partial charge in [-0.1, -0.05) is 12.1 Å². The lowest BCUT2D eigenvalue weighted by Gasteiger charge is -2.25. The maximum Gasteiger partial charge on any atom is 0.316 e. The maximum absolute atomic E-state index is 14.2. The fraction of sp³-hybridized carbons (Fsp3) is 0.541. The number of benzene rings is 2. The van der Waals surface area contributed by atoms with Crippen LogP contribution in [0.15, 0.2) is 36.4 Å². The zero-order valence-corrected chi connectivity index (χ0v) is 30.8. The number of hydrogen-bond donors (Lipinski definition) is 2. The molecule has 2 rings (SSSR count). The van der Waals surface area contributed by atoms with Gasteiger partial charge in [0, 0.05) is 0 Å². The molecule has 0 aliphatic heterocycles. The summed E-state index contributed by atoms with van der Waals surface area (Å²) >= 11 is 0. The van der Waals surface area contributed by atoms with Gasteiger partial charge in [0.25, 0.3) is 0 Å². The summed E-state index contributed by atoms with van der Waals surface area (Å²) in [5.41, 5.74) is -2.51. The van der Waals surface area contributed by atoms with Gasteiger partial charge in [-0.3, -0.25) is 24.0 Å². The summed E-state index contributed by atoms with van der Waals surface area (Å²) in [5.74, 6) is -2.46. The van der Waals surface area contributed by atoms with Gasteiger partial charge < -0.3 is 29.6 Å². The van der Waals surface area contributed by atoms with E-state index < -0.39 is 57.6 Å². The van der Waals surface area contributed by atoms with Crippen molar-refractivity contribution in [1.82, 2.24) is 10.6 Å². The normalized spacial score (nSPS) is 13.6. The molecular weight excluding hydrogens is 616 g/mol. The molecule has 264 valence electrons. The first-order valence-corrected chi connectivity index (χ1v) is 15.9. The van der Waals surface area contributed by atoms with Crippen LogP contribution in [0.25, 0.3) is 0 Å². The first-order valence-electron chi connectivity index (χ1n) is 15.9. The van der Waals surface area contributed by atoms with Crippen LogP contribution < -0.4 is 29.6 Å². The molecule has 0 aliphatic carbocycles. The van der Waals surface area contributed by atoms with Crippen molar-refractivity contribution >= 4 is 29.7 Å². The van der Waals surface area contributed by atoms with E-state index in [9.17, 15) is 24.0 Å². The molecule has 2 atom stereocenters. The molecule has 0 amide bonds. The highest BCUT2D eigenvalue weighted by Crippen LogP contribution is 2.37. The van der Waals surface area contributed by atoms with Crippen LogP contribution in [0.4, 0.5) is 0 Å². The Labute approximate surface area is 284 Å². The predicted octanol–water partition coefficient (Wildman–Crippen LogP) is 6.28. The molecule has 2 unspecified atom stereocenters. The van der Waals surface area contributed by atoms with E-state index in [1.807, 2.05) is 0 Å². The van der Waals surface area contributed by atoms with E-state index in [4.69, 9.17) is 18.9 Å². The number of ether oxygens (including phenoxy) is 4. The second kappa shape index (κ2) is 15.0. The molecule has 0 aliphatic rings. The number of likely N-dealkylation sites (N-methyl/N-ethyl adjacent to an activating group) is 2. The summed E-state index contributed by atoms with van der Waals surface area (Å²) in [6.45, 7) is 20.4. The highest BCUT2D eigenvalue weighted by Gasteiger charge is 2.33. The lowest BCUT2D eigenvalue weighted by atomic mass is 9.92. The van der Waals surface area contributed by atoms with E-state index in [2.05, 4.69) is 10.6 Å². The van der Waals surface area contributed by atoms with Crippen LogP contribution in [-0.4, -0.2) is 43.8 Å². The molecule has 0 radical (unpaired) electrons. The average Bonchev–Trinajstić information content (AvgIpc) is 2.94. The van der Waals surface area contributed by atoms with Crippen LogP contribution >= 0.6 is 0 Å². The molecule has 0 saturated heterocycles. The summed E-state index contributed by atoms with van der Waals surface area (Å²) in [4.78, 5) is 65.4. The number of ketones is 1. The van der Waals surface area contributed by atoms with E-state index in [0.29, 0.717) is 11.1 Å². The lowest BCUT2D eigenvalue weighted by molar-refractivity contribution is -0.145. The van der Waals surface area contributed by atoms with Crippen LogP contribution in [-0.2, 0) is 24.0 Å². The van der Waals surface area contributed by atoms with E-state index in [1.54, 1.807) is 109 Å². The topological polar surface area (TPSA) is 146 Å². The molecule has 2 aromatic rings. The SMILES string of the molecule is CNC(C(=O)C(NC)c1ccc(OC(=O)C(C)(C)C)c(OC(=O)C(C)(C)C)c1)c1ccc(OC(=O)C(C)(C)C)c(OC(=O)C(C)(C)C)c1. The molecule has 0 spiro atoms. The largest absolute Gasteiger partial charge is 0.422 e. The minimum Gasteiger partial charge on any atom is -0.422 e. The second-order valence-corrected chi connectivity index (χ2v) is 15.8. The lowest BCUT2D eigenvalue weighted by Crippen LogP contribution is -2.35. The summed E-state index contributed by atoms with van der Waals surface area (Å²) < 4.78 is 22.6. The van der Waals surface area contributed by atoms with Gasteiger partial charge in [0.2, 0.25) is 0 Å². The van der Waals surface area contributed by atoms with Crippen LogP contribution in [0.1, 0.15) is 106 Å². The second-order valence-electron chi connectivity index (χ2n) is 15.8. The molecule has 0 heterocycles. The third-order valence-corrected chi connectivity index (χ3v) is 7.01. The smallest absolute Gasteiger partial charge is 0.316 e. The van der Waals surface area contributed by atoms with E-state index in [1.165, 1.54) is 24.3 Å². The molecule has 11 heteroatoms. The van der Waals surface area contributed by atoms with Crippen LogP contribution in [0.2, 0.25) is 0 Å². The van der Waals surface area contributed by atoms with Crippen molar-refractivity contribution in [2.24, 2.45) is 21.7 Å². The van der Waals surface area contributed by atoms with Gasteiger partial charge in [-0.15, -0.1) is 0 Å². The van der Waals surface area contributed by atoms with Gasteiger partial charge in [0.15, 0.2) is 28.8 Å². The van der Waals surface area contributed by atoms with Crippen LogP contribution in [0.5, 0.6) is 23.0 Å². The molecule has 2 aromatic carbocycles. The highest BCUT2D eigenvalue weighted by molar-refractivity contribution is 5.92. The molecule has 48 heavy (non-hydrogen) atoms. The third kappa shape index (κ3) is 10.5. The fourth-order valence-corrected chi connectivity index (χ4v) is 3.86. The van der Waals surface area contributed by atoms with E-state index >= 15 is 0 Å². The predicted molar refractivity (Wildman–Crippen MR) is 182 cm³/mol. The number of esters is 4. The van der Waals surface area contributed by atoms with Crippen LogP contribution in [0.3, 0.4) is 0 Å². The highest BCUT2D eigenvalue weighted by atomic mass is 16.6. The van der Waals surface area contributed by atoms with Gasteiger partial charge in [0.1, 0.15) is 0 Å². The van der Waals surface area contributed by atoms with E-state index in [0.717, 1.165) is 0 Å². The van der Waals surface area contributed by atoms with Crippen molar-refractivity contribution in [3.8, 4) is 23.0 Å². The van der Waals surface area contributed by atoms with Crippen molar-refractivity contribution in [2.75, 3.05) is 14.1 Å². The number of hydrogen-bond acceptors (Lipinski definition) is 11. The number of carbonyl (C=O) groups is 5. The van der Waals surface area contributed by atoms with E-state index in [-0.39, 0.29) is 28.8 Å². The van der Waals surface area contributed by atoms with Gasteiger partial charge in [-0.05, 0) is 133 Å². The Morgan fingerprint density at radius 3 is 0.938 bits per heavy atom. The minimum atomic E-state index is -0.930. The standard InChI is InChI=1S/C37H52N2O9/c1-34(2,3)30(41)45-23-17-15-21(19-25(23)47-32(43)36(7,8)9)27(38-13)29(40)28(39-14)22-16-18-24(46-31(42)35(4,5)6)26(20-22)48-33(44)37(10,11)12/h15-20,27-28,38-39H,1-14H3. The minimum absolute atomic E-state index is 0.0134. The first kappa shape index (κ1) is 40.1. The monoisotopic (exact) mass is 668 g/mol. The Bertz CT molecular complexity index is 1420. The van der Waals surface area contributed by atoms with Crippen molar-refractivity contribution in [1.29, 1.82) is 0 Å². The number of Topliss-reactive ketones (excluding diaryl/α,β-unsaturated/α-hetero) is 1. The first-order chi connectivity index (χ1) is 21.8. The molecule has 0 saturated carbocycles. The average molecular weight is 669 g/mol.